The Hall–Kier alpha value is -2.62. The van der Waals surface area contributed by atoms with Crippen molar-refractivity contribution in [3.8, 4) is 5.75 Å². The molecule has 11 nitrogen and oxygen atoms in total. The van der Waals surface area contributed by atoms with Gasteiger partial charge in [-0.3, -0.25) is 6.07 Å². The molecule has 0 amide bonds. The van der Waals surface area contributed by atoms with Crippen LogP contribution in [-0.4, -0.2) is 30.4 Å². The van der Waals surface area contributed by atoms with E-state index >= 15 is 0 Å². The summed E-state index contributed by atoms with van der Waals surface area (Å²) in [5.74, 6) is 0.0574. The third kappa shape index (κ3) is 13.5. The van der Waals surface area contributed by atoms with Gasteiger partial charge < -0.3 is 23.3 Å². The van der Waals surface area contributed by atoms with Crippen molar-refractivity contribution < 1.29 is 89.5 Å². The predicted octanol–water partition coefficient (Wildman–Crippen LogP) is -1.02. The first-order valence-corrected chi connectivity index (χ1v) is 11.3. The van der Waals surface area contributed by atoms with E-state index in [1.54, 1.807) is 30.3 Å². The van der Waals surface area contributed by atoms with Gasteiger partial charge in [0.15, 0.2) is 0 Å². The quantitative estimate of drug-likeness (QED) is 0.190. The van der Waals surface area contributed by atoms with E-state index in [0.29, 0.717) is 16.8 Å². The number of phenols is 1. The minimum absolute atomic E-state index is 0. The fraction of sp³-hybridized carbons (Fsp3) is 0. The van der Waals surface area contributed by atoms with Crippen molar-refractivity contribution in [2.75, 3.05) is 0 Å². The third-order valence-electron chi connectivity index (χ3n) is 3.88. The number of fused-ring (bicyclic) bond motifs is 1. The zero-order valence-corrected chi connectivity index (χ0v) is 25.1. The first kappa shape index (κ1) is 34.4. The third-order valence-corrected chi connectivity index (χ3v) is 3.88. The molecule has 15 heteroatoms. The molecule has 4 aromatic carbocycles. The maximum Gasteiger partial charge on any atom is 1.00 e. The number of phenolic OH excluding ortho intramolecular Hbond substituents is 1. The van der Waals surface area contributed by atoms with Gasteiger partial charge in [0, 0.05) is 0 Å². The second-order valence-electron chi connectivity index (χ2n) is 6.16. The summed E-state index contributed by atoms with van der Waals surface area (Å²) < 4.78 is 50.7. The number of benzene rings is 4. The number of nitrogens with zero attached hydrogens (tertiary/aromatic N) is 4. The molecule has 1 N–H and O–H groups in total. The number of hydrogen-bond acceptors (Lipinski definition) is 11. The Kier molecular flexibility index (Phi) is 17.3. The van der Waals surface area contributed by atoms with Crippen molar-refractivity contribution in [2.24, 2.45) is 20.5 Å². The summed E-state index contributed by atoms with van der Waals surface area (Å²) in [6.45, 7) is 0. The molecule has 4 rings (SSSR count). The van der Waals surface area contributed by atoms with Crippen molar-refractivity contribution >= 4 is 54.7 Å². The fourth-order valence-electron chi connectivity index (χ4n) is 2.52. The molecular formula is C22H14N4Na2O7S2. The molecule has 0 saturated heterocycles. The Morgan fingerprint density at radius 3 is 1.59 bits per heavy atom. The standard InChI is InChI=1S/C22H14N4O.2Na.2O3S/c27-21-15-10-16-6-4-5-9-20(16)22(21)26-25-19-13-11-18(12-14-19)24-23-17-7-2-1-3-8-17;;;2*1-4(2)3/h1-3,5-8,10-15,27H;;;;/q-2;2*+1;;. The van der Waals surface area contributed by atoms with Gasteiger partial charge in [0.25, 0.3) is 0 Å². The molecule has 37 heavy (non-hydrogen) atoms. The number of azo groups is 2. The van der Waals surface area contributed by atoms with E-state index in [1.165, 1.54) is 0 Å². The van der Waals surface area contributed by atoms with Crippen LogP contribution >= 0.6 is 0 Å². The van der Waals surface area contributed by atoms with Gasteiger partial charge in [0.1, 0.15) is 5.75 Å². The Balaban J connectivity index is 0.00000115. The molecule has 0 aromatic heterocycles. The summed E-state index contributed by atoms with van der Waals surface area (Å²) >= 11 is 0. The van der Waals surface area contributed by atoms with E-state index in [0.717, 1.165) is 16.8 Å². The fourth-order valence-corrected chi connectivity index (χ4v) is 2.52. The summed E-state index contributed by atoms with van der Waals surface area (Å²) in [4.78, 5) is 0. The molecule has 0 atom stereocenters. The molecule has 0 radical (unpaired) electrons. The molecule has 0 aliphatic carbocycles. The summed E-state index contributed by atoms with van der Waals surface area (Å²) in [6.07, 6.45) is 0. The topological polar surface area (TPSA) is 172 Å². The van der Waals surface area contributed by atoms with Crippen LogP contribution in [0, 0.1) is 12.1 Å². The van der Waals surface area contributed by atoms with Crippen LogP contribution in [0.5, 0.6) is 5.75 Å². The maximum atomic E-state index is 10.1. The van der Waals surface area contributed by atoms with Gasteiger partial charge in [-0.25, -0.2) is 10.8 Å². The van der Waals surface area contributed by atoms with Crippen LogP contribution in [0.4, 0.5) is 22.7 Å². The van der Waals surface area contributed by atoms with Gasteiger partial charge in [0.05, 0.1) is 22.7 Å². The van der Waals surface area contributed by atoms with E-state index in [2.05, 4.69) is 32.6 Å². The van der Waals surface area contributed by atoms with Gasteiger partial charge in [0.2, 0.25) is 0 Å². The molecule has 0 fully saturated rings. The van der Waals surface area contributed by atoms with Crippen molar-refractivity contribution in [2.45, 2.75) is 0 Å². The second kappa shape index (κ2) is 18.6. The number of aromatic hydroxyl groups is 1. The molecule has 0 spiro atoms. The average Bonchev–Trinajstić information content (AvgIpc) is 2.83. The van der Waals surface area contributed by atoms with Crippen LogP contribution in [0.2, 0.25) is 0 Å². The van der Waals surface area contributed by atoms with Gasteiger partial charge >= 0.3 is 80.3 Å². The monoisotopic (exact) mass is 556 g/mol. The minimum Gasteiger partial charge on any atom is -0.506 e. The first-order valence-electron chi connectivity index (χ1n) is 9.32. The number of rotatable bonds is 4. The van der Waals surface area contributed by atoms with Crippen LogP contribution in [0.3, 0.4) is 0 Å². The van der Waals surface area contributed by atoms with Crippen LogP contribution in [-0.2, 0) is 21.2 Å². The molecule has 0 bridgehead atoms. The second-order valence-corrected chi connectivity index (χ2v) is 6.97. The summed E-state index contributed by atoms with van der Waals surface area (Å²) in [6, 6.07) is 29.6. The summed E-state index contributed by atoms with van der Waals surface area (Å²) in [5.41, 5.74) is 2.54. The van der Waals surface area contributed by atoms with Crippen LogP contribution in [0.25, 0.3) is 10.8 Å². The summed E-state index contributed by atoms with van der Waals surface area (Å²) in [5, 5.41) is 28.5. The first-order chi connectivity index (χ1) is 16.8. The molecule has 0 aliphatic rings. The van der Waals surface area contributed by atoms with E-state index in [-0.39, 0.29) is 64.9 Å². The smallest absolute Gasteiger partial charge is 0.506 e. The Morgan fingerprint density at radius 1 is 0.622 bits per heavy atom. The predicted molar refractivity (Wildman–Crippen MR) is 124 cm³/mol. The zero-order valence-electron chi connectivity index (χ0n) is 19.5. The van der Waals surface area contributed by atoms with Crippen LogP contribution < -0.4 is 59.1 Å². The maximum absolute atomic E-state index is 10.1. The van der Waals surface area contributed by atoms with E-state index in [1.807, 2.05) is 48.5 Å². The molecule has 0 saturated carbocycles. The van der Waals surface area contributed by atoms with Crippen molar-refractivity contribution in [3.63, 3.8) is 0 Å². The van der Waals surface area contributed by atoms with E-state index in [4.69, 9.17) is 25.3 Å². The van der Waals surface area contributed by atoms with Crippen molar-refractivity contribution in [3.05, 3.63) is 91.0 Å². The zero-order chi connectivity index (χ0) is 25.6. The van der Waals surface area contributed by atoms with E-state index < -0.39 is 21.2 Å². The molecule has 178 valence electrons. The van der Waals surface area contributed by atoms with Gasteiger partial charge in [-0.1, -0.05) is 18.2 Å². The Labute approximate surface area is 259 Å². The van der Waals surface area contributed by atoms with Gasteiger partial charge in [-0.05, 0) is 42.5 Å². The van der Waals surface area contributed by atoms with Crippen molar-refractivity contribution in [1.29, 1.82) is 0 Å². The average molecular weight is 556 g/mol. The molecular weight excluding hydrogens is 542 g/mol. The molecule has 0 heterocycles. The normalized spacial score (nSPS) is 9.73. The molecule has 0 aliphatic heterocycles. The largest absolute Gasteiger partial charge is 1.00 e. The van der Waals surface area contributed by atoms with Crippen molar-refractivity contribution in [1.82, 2.24) is 0 Å². The summed E-state index contributed by atoms with van der Waals surface area (Å²) in [7, 11) is -6.22. The van der Waals surface area contributed by atoms with Gasteiger partial charge in [-0.15, -0.1) is 25.3 Å². The number of hydrogen-bond donors (Lipinski definition) is 1. The van der Waals surface area contributed by atoms with E-state index in [9.17, 15) is 5.11 Å². The molecule has 0 unspecified atom stereocenters. The van der Waals surface area contributed by atoms with Gasteiger partial charge in [-0.2, -0.15) is 26.5 Å². The Morgan fingerprint density at radius 2 is 1.08 bits per heavy atom. The van der Waals surface area contributed by atoms with Crippen LogP contribution in [0.1, 0.15) is 0 Å². The Bertz CT molecular complexity index is 1530. The van der Waals surface area contributed by atoms with Crippen LogP contribution in [0.15, 0.2) is 99.3 Å². The molecule has 4 aromatic rings. The SMILES string of the molecule is O=S(=O)=O.O=S(=O)=O.Oc1ccc2c[c-]c[c-]c2c1N=Nc1ccc(N=Nc2ccccc2)cc1.[Na+].[Na+]. The minimum atomic E-state index is -3.11.